The molecule has 1 N–H and O–H groups in total. The zero-order chi connectivity index (χ0) is 11.8. The summed E-state index contributed by atoms with van der Waals surface area (Å²) in [7, 11) is 0. The fourth-order valence-corrected chi connectivity index (χ4v) is 1.92. The van der Waals surface area contributed by atoms with Crippen LogP contribution < -0.4 is 5.48 Å². The lowest BCUT2D eigenvalue weighted by Crippen LogP contribution is -2.30. The average molecular weight is 239 g/mol. The molecule has 0 aliphatic rings. The van der Waals surface area contributed by atoms with E-state index < -0.39 is 0 Å². The smallest absolute Gasteiger partial charge is 0.0654 e. The van der Waals surface area contributed by atoms with Crippen molar-refractivity contribution in [1.82, 2.24) is 5.48 Å². The van der Waals surface area contributed by atoms with Crippen LogP contribution in [0.15, 0.2) is 29.2 Å². The topological polar surface area (TPSA) is 21.3 Å². The van der Waals surface area contributed by atoms with E-state index in [0.717, 1.165) is 12.8 Å². The molecule has 0 amide bonds. The summed E-state index contributed by atoms with van der Waals surface area (Å²) in [5, 5.41) is 0. The van der Waals surface area contributed by atoms with Crippen molar-refractivity contribution in [3.63, 3.8) is 0 Å². The summed E-state index contributed by atoms with van der Waals surface area (Å²) in [5.41, 5.74) is 4.45. The average Bonchev–Trinajstić information content (AvgIpc) is 2.35. The Morgan fingerprint density at radius 1 is 1.25 bits per heavy atom. The summed E-state index contributed by atoms with van der Waals surface area (Å²) in [4.78, 5) is 6.56. The van der Waals surface area contributed by atoms with E-state index in [1.165, 1.54) is 10.5 Å². The van der Waals surface area contributed by atoms with Gasteiger partial charge in [0.05, 0.1) is 6.61 Å². The molecule has 0 bridgehead atoms. The molecule has 2 nitrogen and oxygen atoms in total. The van der Waals surface area contributed by atoms with Crippen LogP contribution in [-0.4, -0.2) is 18.9 Å². The summed E-state index contributed by atoms with van der Waals surface area (Å²) in [6.07, 6.45) is 4.19. The predicted octanol–water partition coefficient (Wildman–Crippen LogP) is 3.27. The third-order valence-electron chi connectivity index (χ3n) is 2.53. The number of benzene rings is 1. The maximum absolute atomic E-state index is 5.25. The zero-order valence-corrected chi connectivity index (χ0v) is 11.1. The summed E-state index contributed by atoms with van der Waals surface area (Å²) in [6.45, 7) is 4.88. The van der Waals surface area contributed by atoms with Gasteiger partial charge in [-0.3, -0.25) is 0 Å². The Kier molecular flexibility index (Phi) is 6.53. The van der Waals surface area contributed by atoms with E-state index in [0.29, 0.717) is 12.6 Å². The first-order valence-corrected chi connectivity index (χ1v) is 7.02. The second-order valence-corrected chi connectivity index (χ2v) is 4.59. The maximum Gasteiger partial charge on any atom is 0.0654 e. The second-order valence-electron chi connectivity index (χ2n) is 3.71. The lowest BCUT2D eigenvalue weighted by molar-refractivity contribution is 0.0236. The first-order valence-electron chi connectivity index (χ1n) is 5.80. The van der Waals surface area contributed by atoms with E-state index in [9.17, 15) is 0 Å². The van der Waals surface area contributed by atoms with Gasteiger partial charge in [0.1, 0.15) is 0 Å². The molecule has 0 saturated carbocycles. The molecule has 0 aromatic heterocycles. The second kappa shape index (κ2) is 7.71. The molecule has 16 heavy (non-hydrogen) atoms. The van der Waals surface area contributed by atoms with Crippen LogP contribution in [0.2, 0.25) is 0 Å². The molecule has 0 heterocycles. The highest BCUT2D eigenvalue weighted by molar-refractivity contribution is 7.98. The molecule has 1 aromatic rings. The number of hydrogen-bond donors (Lipinski definition) is 1. The van der Waals surface area contributed by atoms with E-state index in [1.54, 1.807) is 11.8 Å². The number of hydroxylamine groups is 1. The van der Waals surface area contributed by atoms with Crippen LogP contribution in [0.1, 0.15) is 25.8 Å². The number of rotatable bonds is 7. The van der Waals surface area contributed by atoms with E-state index in [2.05, 4.69) is 42.9 Å². The molecular formula is C13H21NOS. The highest BCUT2D eigenvalue weighted by Crippen LogP contribution is 2.16. The van der Waals surface area contributed by atoms with Gasteiger partial charge >= 0.3 is 0 Å². The van der Waals surface area contributed by atoms with Crippen LogP contribution in [0.5, 0.6) is 0 Å². The summed E-state index contributed by atoms with van der Waals surface area (Å²) in [6, 6.07) is 9.14. The third kappa shape index (κ3) is 4.56. The number of nitrogens with one attached hydrogen (secondary N) is 1. The van der Waals surface area contributed by atoms with Gasteiger partial charge in [-0.05, 0) is 43.7 Å². The molecular weight excluding hydrogens is 218 g/mol. The van der Waals surface area contributed by atoms with E-state index in [4.69, 9.17) is 4.84 Å². The van der Waals surface area contributed by atoms with Crippen molar-refractivity contribution in [3.8, 4) is 0 Å². The van der Waals surface area contributed by atoms with E-state index in [-0.39, 0.29) is 0 Å². The predicted molar refractivity (Wildman–Crippen MR) is 70.8 cm³/mol. The highest BCUT2D eigenvalue weighted by Gasteiger charge is 2.06. The molecule has 0 saturated heterocycles. The van der Waals surface area contributed by atoms with Crippen LogP contribution in [0.25, 0.3) is 0 Å². The Labute approximate surface area is 103 Å². The Hall–Kier alpha value is -0.510. The Morgan fingerprint density at radius 3 is 2.44 bits per heavy atom. The summed E-state index contributed by atoms with van der Waals surface area (Å²) < 4.78 is 0. The first kappa shape index (κ1) is 13.6. The molecule has 3 heteroatoms. The van der Waals surface area contributed by atoms with Crippen molar-refractivity contribution in [2.24, 2.45) is 0 Å². The first-order chi connectivity index (χ1) is 7.80. The minimum Gasteiger partial charge on any atom is -0.302 e. The largest absolute Gasteiger partial charge is 0.302 e. The molecule has 1 unspecified atom stereocenters. The highest BCUT2D eigenvalue weighted by atomic mass is 32.2. The van der Waals surface area contributed by atoms with Gasteiger partial charge in [-0.2, -0.15) is 5.48 Å². The fourth-order valence-electron chi connectivity index (χ4n) is 1.52. The van der Waals surface area contributed by atoms with E-state index in [1.807, 2.05) is 6.92 Å². The lowest BCUT2D eigenvalue weighted by Gasteiger charge is -2.16. The standard InChI is InChI=1S/C13H21NOS/c1-4-12(14-15-5-2)10-11-6-8-13(16-3)9-7-11/h6-9,12,14H,4-5,10H2,1-3H3. The van der Waals surface area contributed by atoms with Crippen molar-refractivity contribution in [2.45, 2.75) is 37.6 Å². The molecule has 1 rings (SSSR count). The normalized spacial score (nSPS) is 12.7. The van der Waals surface area contributed by atoms with Crippen LogP contribution in [0.4, 0.5) is 0 Å². The maximum atomic E-state index is 5.25. The van der Waals surface area contributed by atoms with Gasteiger partial charge in [0, 0.05) is 10.9 Å². The molecule has 0 aliphatic carbocycles. The van der Waals surface area contributed by atoms with E-state index >= 15 is 0 Å². The van der Waals surface area contributed by atoms with Crippen molar-refractivity contribution >= 4 is 11.8 Å². The van der Waals surface area contributed by atoms with Crippen molar-refractivity contribution < 1.29 is 4.84 Å². The molecule has 0 radical (unpaired) electrons. The summed E-state index contributed by atoms with van der Waals surface area (Å²) >= 11 is 1.78. The van der Waals surface area contributed by atoms with Crippen LogP contribution in [-0.2, 0) is 11.3 Å². The Morgan fingerprint density at radius 2 is 1.94 bits per heavy atom. The van der Waals surface area contributed by atoms with Crippen molar-refractivity contribution in [1.29, 1.82) is 0 Å². The van der Waals surface area contributed by atoms with Crippen molar-refractivity contribution in [2.75, 3.05) is 12.9 Å². The van der Waals surface area contributed by atoms with Crippen LogP contribution >= 0.6 is 11.8 Å². The van der Waals surface area contributed by atoms with Gasteiger partial charge in [-0.25, -0.2) is 0 Å². The summed E-state index contributed by atoms with van der Waals surface area (Å²) in [5.74, 6) is 0. The minimum absolute atomic E-state index is 0.403. The van der Waals surface area contributed by atoms with Crippen molar-refractivity contribution in [3.05, 3.63) is 29.8 Å². The molecule has 0 spiro atoms. The van der Waals surface area contributed by atoms with Gasteiger partial charge in [0.2, 0.25) is 0 Å². The monoisotopic (exact) mass is 239 g/mol. The molecule has 90 valence electrons. The zero-order valence-electron chi connectivity index (χ0n) is 10.3. The van der Waals surface area contributed by atoms with Gasteiger partial charge in [-0.15, -0.1) is 11.8 Å². The molecule has 0 aliphatic heterocycles. The molecule has 0 fully saturated rings. The number of thioether (sulfide) groups is 1. The lowest BCUT2D eigenvalue weighted by atomic mass is 10.1. The van der Waals surface area contributed by atoms with Gasteiger partial charge in [0.25, 0.3) is 0 Å². The quantitative estimate of drug-likeness (QED) is 0.583. The number of hydrogen-bond acceptors (Lipinski definition) is 3. The Bertz CT molecular complexity index is 286. The van der Waals surface area contributed by atoms with Crippen LogP contribution in [0, 0.1) is 0 Å². The van der Waals surface area contributed by atoms with Gasteiger partial charge < -0.3 is 4.84 Å². The Balaban J connectivity index is 2.49. The van der Waals surface area contributed by atoms with Gasteiger partial charge in [0.15, 0.2) is 0 Å². The molecule has 1 aromatic carbocycles. The fraction of sp³-hybridized carbons (Fsp3) is 0.538. The van der Waals surface area contributed by atoms with Crippen LogP contribution in [0.3, 0.4) is 0 Å². The molecule has 1 atom stereocenters. The third-order valence-corrected chi connectivity index (χ3v) is 3.27. The van der Waals surface area contributed by atoms with Gasteiger partial charge in [-0.1, -0.05) is 19.1 Å². The SMILES string of the molecule is CCONC(CC)Cc1ccc(SC)cc1. The minimum atomic E-state index is 0.403.